The van der Waals surface area contributed by atoms with Gasteiger partial charge in [-0.1, -0.05) is 24.3 Å². The Bertz CT molecular complexity index is 569. The van der Waals surface area contributed by atoms with Crippen molar-refractivity contribution in [1.29, 1.82) is 0 Å². The lowest BCUT2D eigenvalue weighted by Crippen LogP contribution is -2.29. The summed E-state index contributed by atoms with van der Waals surface area (Å²) in [6.07, 6.45) is 3.77. The summed E-state index contributed by atoms with van der Waals surface area (Å²) in [5, 5.41) is 0. The zero-order valence-corrected chi connectivity index (χ0v) is 12.1. The van der Waals surface area contributed by atoms with E-state index in [0.717, 1.165) is 22.4 Å². The molecule has 1 unspecified atom stereocenters. The SMILES string of the molecule is Cc1cncc(C(NN)c2ccccc2OC(C)C)c1. The Morgan fingerprint density at radius 1 is 1.20 bits per heavy atom. The molecule has 20 heavy (non-hydrogen) atoms. The van der Waals surface area contributed by atoms with Crippen LogP contribution in [0.4, 0.5) is 0 Å². The lowest BCUT2D eigenvalue weighted by molar-refractivity contribution is 0.238. The van der Waals surface area contributed by atoms with Crippen LogP contribution in [0.15, 0.2) is 42.7 Å². The van der Waals surface area contributed by atoms with E-state index in [1.165, 1.54) is 0 Å². The third-order valence-electron chi connectivity index (χ3n) is 2.99. The van der Waals surface area contributed by atoms with E-state index in [0.29, 0.717) is 0 Å². The molecule has 106 valence electrons. The van der Waals surface area contributed by atoms with E-state index >= 15 is 0 Å². The normalized spacial score (nSPS) is 12.4. The van der Waals surface area contributed by atoms with Crippen molar-refractivity contribution in [3.05, 3.63) is 59.4 Å². The van der Waals surface area contributed by atoms with Gasteiger partial charge in [-0.3, -0.25) is 10.8 Å². The number of hydrazine groups is 1. The number of hydrogen-bond acceptors (Lipinski definition) is 4. The summed E-state index contributed by atoms with van der Waals surface area (Å²) in [5.74, 6) is 6.59. The Hall–Kier alpha value is -1.91. The third kappa shape index (κ3) is 3.35. The molecule has 0 spiro atoms. The highest BCUT2D eigenvalue weighted by Gasteiger charge is 2.17. The zero-order valence-electron chi connectivity index (χ0n) is 12.1. The number of nitrogens with one attached hydrogen (secondary N) is 1. The van der Waals surface area contributed by atoms with Crippen LogP contribution in [0.5, 0.6) is 5.75 Å². The van der Waals surface area contributed by atoms with E-state index in [2.05, 4.69) is 16.5 Å². The van der Waals surface area contributed by atoms with Crippen LogP contribution in [0, 0.1) is 6.92 Å². The maximum absolute atomic E-state index is 5.86. The predicted molar refractivity (Wildman–Crippen MR) is 80.3 cm³/mol. The summed E-state index contributed by atoms with van der Waals surface area (Å²) in [6.45, 7) is 6.03. The number of aromatic nitrogens is 1. The van der Waals surface area contributed by atoms with Gasteiger partial charge >= 0.3 is 0 Å². The molecule has 1 aromatic heterocycles. The lowest BCUT2D eigenvalue weighted by Gasteiger charge is -2.21. The highest BCUT2D eigenvalue weighted by atomic mass is 16.5. The lowest BCUT2D eigenvalue weighted by atomic mass is 9.99. The van der Waals surface area contributed by atoms with Crippen LogP contribution < -0.4 is 16.0 Å². The van der Waals surface area contributed by atoms with Crippen molar-refractivity contribution in [3.63, 3.8) is 0 Å². The van der Waals surface area contributed by atoms with Gasteiger partial charge in [-0.05, 0) is 38.0 Å². The molecular weight excluding hydrogens is 250 g/mol. The molecule has 0 fully saturated rings. The van der Waals surface area contributed by atoms with Crippen LogP contribution in [-0.4, -0.2) is 11.1 Å². The molecule has 0 amide bonds. The molecule has 0 aliphatic heterocycles. The fraction of sp³-hybridized carbons (Fsp3) is 0.312. The number of benzene rings is 1. The minimum Gasteiger partial charge on any atom is -0.491 e. The Balaban J connectivity index is 2.41. The van der Waals surface area contributed by atoms with E-state index in [-0.39, 0.29) is 12.1 Å². The molecule has 0 aliphatic carbocycles. The van der Waals surface area contributed by atoms with Gasteiger partial charge in [0.15, 0.2) is 0 Å². The first-order valence-electron chi connectivity index (χ1n) is 6.75. The fourth-order valence-electron chi connectivity index (χ4n) is 2.18. The van der Waals surface area contributed by atoms with Crippen LogP contribution in [0.3, 0.4) is 0 Å². The molecule has 2 rings (SSSR count). The van der Waals surface area contributed by atoms with Crippen LogP contribution in [0.2, 0.25) is 0 Å². The summed E-state index contributed by atoms with van der Waals surface area (Å²) in [7, 11) is 0. The number of ether oxygens (including phenoxy) is 1. The maximum Gasteiger partial charge on any atom is 0.124 e. The molecule has 0 saturated heterocycles. The number of pyridine rings is 1. The number of nitrogens with two attached hydrogens (primary N) is 1. The second kappa shape index (κ2) is 6.50. The molecule has 4 nitrogen and oxygen atoms in total. The number of nitrogens with zero attached hydrogens (tertiary/aromatic N) is 1. The van der Waals surface area contributed by atoms with Gasteiger partial charge < -0.3 is 4.74 Å². The zero-order chi connectivity index (χ0) is 14.5. The second-order valence-electron chi connectivity index (χ2n) is 5.10. The van der Waals surface area contributed by atoms with Crippen molar-refractivity contribution >= 4 is 0 Å². The Morgan fingerprint density at radius 3 is 2.60 bits per heavy atom. The fourth-order valence-corrected chi connectivity index (χ4v) is 2.18. The summed E-state index contributed by atoms with van der Waals surface area (Å²) in [4.78, 5) is 4.23. The van der Waals surface area contributed by atoms with E-state index in [4.69, 9.17) is 10.6 Å². The minimum atomic E-state index is -0.141. The first kappa shape index (κ1) is 14.5. The highest BCUT2D eigenvalue weighted by Crippen LogP contribution is 2.30. The van der Waals surface area contributed by atoms with E-state index < -0.39 is 0 Å². The Kier molecular flexibility index (Phi) is 4.71. The predicted octanol–water partition coefficient (Wildman–Crippen LogP) is 2.73. The van der Waals surface area contributed by atoms with Gasteiger partial charge in [0.25, 0.3) is 0 Å². The van der Waals surface area contributed by atoms with Crippen molar-refractivity contribution in [2.45, 2.75) is 32.9 Å². The Morgan fingerprint density at radius 2 is 1.95 bits per heavy atom. The van der Waals surface area contributed by atoms with Crippen LogP contribution >= 0.6 is 0 Å². The molecule has 0 radical (unpaired) electrons. The minimum absolute atomic E-state index is 0.116. The molecule has 1 atom stereocenters. The number of para-hydroxylation sites is 1. The van der Waals surface area contributed by atoms with Crippen LogP contribution in [0.1, 0.15) is 36.6 Å². The summed E-state index contributed by atoms with van der Waals surface area (Å²) in [6, 6.07) is 9.86. The van der Waals surface area contributed by atoms with Crippen molar-refractivity contribution in [3.8, 4) is 5.75 Å². The van der Waals surface area contributed by atoms with Gasteiger partial charge in [-0.2, -0.15) is 0 Å². The molecule has 4 heteroatoms. The van der Waals surface area contributed by atoms with Crippen molar-refractivity contribution < 1.29 is 4.74 Å². The van der Waals surface area contributed by atoms with Gasteiger partial charge in [-0.15, -0.1) is 0 Å². The van der Waals surface area contributed by atoms with Crippen molar-refractivity contribution in [1.82, 2.24) is 10.4 Å². The van der Waals surface area contributed by atoms with Crippen molar-refractivity contribution in [2.24, 2.45) is 5.84 Å². The summed E-state index contributed by atoms with van der Waals surface area (Å²) >= 11 is 0. The third-order valence-corrected chi connectivity index (χ3v) is 2.99. The quantitative estimate of drug-likeness (QED) is 0.648. The average molecular weight is 271 g/mol. The van der Waals surface area contributed by atoms with E-state index in [1.54, 1.807) is 0 Å². The highest BCUT2D eigenvalue weighted by molar-refractivity contribution is 5.41. The van der Waals surface area contributed by atoms with Crippen molar-refractivity contribution in [2.75, 3.05) is 0 Å². The largest absolute Gasteiger partial charge is 0.491 e. The summed E-state index contributed by atoms with van der Waals surface area (Å²) in [5.41, 5.74) is 5.99. The topological polar surface area (TPSA) is 60.2 Å². The van der Waals surface area contributed by atoms with Gasteiger partial charge in [0.2, 0.25) is 0 Å². The van der Waals surface area contributed by atoms with Gasteiger partial charge in [0.1, 0.15) is 5.75 Å². The van der Waals surface area contributed by atoms with Gasteiger partial charge in [0.05, 0.1) is 12.1 Å². The number of rotatable bonds is 5. The first-order valence-corrected chi connectivity index (χ1v) is 6.75. The van der Waals surface area contributed by atoms with Gasteiger partial charge in [-0.25, -0.2) is 5.43 Å². The molecule has 2 aromatic rings. The van der Waals surface area contributed by atoms with E-state index in [1.807, 2.05) is 57.4 Å². The smallest absolute Gasteiger partial charge is 0.124 e. The van der Waals surface area contributed by atoms with Gasteiger partial charge in [0, 0.05) is 18.0 Å². The molecule has 3 N–H and O–H groups in total. The summed E-state index contributed by atoms with van der Waals surface area (Å²) < 4.78 is 5.86. The number of hydrogen-bond donors (Lipinski definition) is 2. The second-order valence-corrected chi connectivity index (χ2v) is 5.10. The standard InChI is InChI=1S/C16H21N3O/c1-11(2)20-15-7-5-4-6-14(15)16(19-17)13-8-12(3)9-18-10-13/h4-11,16,19H,17H2,1-3H3. The molecule has 0 saturated carbocycles. The van der Waals surface area contributed by atoms with Crippen LogP contribution in [-0.2, 0) is 0 Å². The Labute approximate surface area is 120 Å². The van der Waals surface area contributed by atoms with E-state index in [9.17, 15) is 0 Å². The molecule has 1 heterocycles. The molecular formula is C16H21N3O. The molecule has 1 aromatic carbocycles. The monoisotopic (exact) mass is 271 g/mol. The van der Waals surface area contributed by atoms with Crippen LogP contribution in [0.25, 0.3) is 0 Å². The number of aryl methyl sites for hydroxylation is 1. The average Bonchev–Trinajstić information content (AvgIpc) is 2.41. The maximum atomic E-state index is 5.86. The molecule has 0 bridgehead atoms. The molecule has 0 aliphatic rings. The first-order chi connectivity index (χ1) is 9.61.